The Labute approximate surface area is 174 Å². The van der Waals surface area contributed by atoms with Gasteiger partial charge in [0.2, 0.25) is 0 Å². The lowest BCUT2D eigenvalue weighted by atomic mass is 9.70. The third-order valence-electron chi connectivity index (χ3n) is 7.70. The number of fused-ring (bicyclic) bond motifs is 2. The molecule has 2 unspecified atom stereocenters. The van der Waals surface area contributed by atoms with Crippen molar-refractivity contribution in [3.8, 4) is 0 Å². The van der Waals surface area contributed by atoms with Crippen molar-refractivity contribution >= 4 is 6.09 Å². The van der Waals surface area contributed by atoms with E-state index in [1.807, 2.05) is 0 Å². The van der Waals surface area contributed by atoms with Gasteiger partial charge in [-0.25, -0.2) is 4.79 Å². The highest BCUT2D eigenvalue weighted by atomic mass is 16.6. The van der Waals surface area contributed by atoms with Crippen LogP contribution in [0, 0.1) is 16.7 Å². The van der Waals surface area contributed by atoms with Crippen LogP contribution in [0.15, 0.2) is 11.8 Å². The quantitative estimate of drug-likeness (QED) is 0.307. The Hall–Kier alpha value is -0.990. The minimum absolute atomic E-state index is 0.0189. The lowest BCUT2D eigenvalue weighted by Gasteiger charge is -2.36. The van der Waals surface area contributed by atoms with Gasteiger partial charge >= 0.3 is 6.09 Å². The monoisotopic (exact) mass is 391 g/mol. The molecule has 0 aliphatic heterocycles. The molecule has 1 fully saturated rings. The number of carbonyl (C=O) groups is 1. The van der Waals surface area contributed by atoms with E-state index in [0.29, 0.717) is 5.92 Å². The Balaban J connectivity index is 1.44. The van der Waals surface area contributed by atoms with E-state index in [-0.39, 0.29) is 16.9 Å². The molecule has 2 aliphatic carbocycles. The maximum atomic E-state index is 12.2. The van der Waals surface area contributed by atoms with Gasteiger partial charge in [-0.15, -0.1) is 0 Å². The van der Waals surface area contributed by atoms with Crippen LogP contribution < -0.4 is 5.32 Å². The van der Waals surface area contributed by atoms with E-state index in [9.17, 15) is 4.79 Å². The van der Waals surface area contributed by atoms with E-state index in [0.717, 1.165) is 25.1 Å². The zero-order valence-electron chi connectivity index (χ0n) is 19.1. The van der Waals surface area contributed by atoms with Crippen molar-refractivity contribution in [2.45, 2.75) is 118 Å². The Morgan fingerprint density at radius 1 is 0.964 bits per heavy atom. The second kappa shape index (κ2) is 11.3. The van der Waals surface area contributed by atoms with Gasteiger partial charge in [-0.2, -0.15) is 0 Å². The number of allylic oxidation sites excluding steroid dienone is 2. The Morgan fingerprint density at radius 3 is 1.96 bits per heavy atom. The van der Waals surface area contributed by atoms with Crippen LogP contribution in [-0.2, 0) is 4.74 Å². The molecule has 3 heteroatoms. The third kappa shape index (κ3) is 6.00. The predicted octanol–water partition coefficient (Wildman–Crippen LogP) is 7.75. The number of nitrogens with one attached hydrogen (secondary N) is 1. The van der Waals surface area contributed by atoms with E-state index >= 15 is 0 Å². The van der Waals surface area contributed by atoms with Crippen molar-refractivity contribution in [3.63, 3.8) is 0 Å². The second-order valence-electron chi connectivity index (χ2n) is 9.94. The van der Waals surface area contributed by atoms with E-state index in [1.165, 1.54) is 77.0 Å². The molecule has 162 valence electrons. The van der Waals surface area contributed by atoms with Crippen LogP contribution in [0.2, 0.25) is 0 Å². The SMILES string of the molecule is CCCCCCCCCCCCCCNC(=O)OC1=CC2CCC1(C)C2(C)C. The molecule has 0 aromatic rings. The predicted molar refractivity (Wildman–Crippen MR) is 118 cm³/mol. The van der Waals surface area contributed by atoms with Crippen molar-refractivity contribution in [2.75, 3.05) is 6.54 Å². The van der Waals surface area contributed by atoms with Crippen molar-refractivity contribution in [3.05, 3.63) is 11.8 Å². The van der Waals surface area contributed by atoms with Crippen LogP contribution in [0.5, 0.6) is 0 Å². The van der Waals surface area contributed by atoms with Crippen molar-refractivity contribution in [1.82, 2.24) is 5.32 Å². The molecule has 0 saturated heterocycles. The standard InChI is InChI=1S/C25H45NO2/c1-5-6-7-8-9-10-11-12-13-14-15-16-19-26-23(27)28-22-20-21-17-18-25(22,4)24(21,2)3/h20-21H,5-19H2,1-4H3,(H,26,27). The van der Waals surface area contributed by atoms with Crippen LogP contribution in [0.3, 0.4) is 0 Å². The molecule has 2 atom stereocenters. The molecule has 28 heavy (non-hydrogen) atoms. The maximum Gasteiger partial charge on any atom is 0.412 e. The minimum atomic E-state index is -0.265. The molecule has 1 amide bonds. The first-order valence-corrected chi connectivity index (χ1v) is 12.1. The number of hydrogen-bond donors (Lipinski definition) is 1. The maximum absolute atomic E-state index is 12.2. The fourth-order valence-electron chi connectivity index (χ4n) is 5.07. The second-order valence-corrected chi connectivity index (χ2v) is 9.94. The molecule has 1 saturated carbocycles. The summed E-state index contributed by atoms with van der Waals surface area (Å²) in [6.45, 7) is 9.87. The van der Waals surface area contributed by atoms with Crippen LogP contribution in [0.25, 0.3) is 0 Å². The van der Waals surface area contributed by atoms with Crippen molar-refractivity contribution in [1.29, 1.82) is 0 Å². The molecule has 2 bridgehead atoms. The molecular weight excluding hydrogens is 346 g/mol. The zero-order valence-corrected chi connectivity index (χ0v) is 19.1. The first-order valence-electron chi connectivity index (χ1n) is 12.1. The lowest BCUT2D eigenvalue weighted by molar-refractivity contribution is 0.0991. The molecule has 0 aromatic heterocycles. The number of amides is 1. The van der Waals surface area contributed by atoms with Gasteiger partial charge in [0.05, 0.1) is 0 Å². The van der Waals surface area contributed by atoms with Gasteiger partial charge in [0, 0.05) is 12.0 Å². The molecule has 2 aliphatic rings. The fourth-order valence-corrected chi connectivity index (χ4v) is 5.07. The molecule has 1 N–H and O–H groups in total. The van der Waals surface area contributed by atoms with Crippen LogP contribution in [0.1, 0.15) is 118 Å². The van der Waals surface area contributed by atoms with E-state index in [1.54, 1.807) is 0 Å². The van der Waals surface area contributed by atoms with Gasteiger partial charge in [-0.05, 0) is 36.7 Å². The number of ether oxygens (including phenoxy) is 1. The molecule has 3 nitrogen and oxygen atoms in total. The average Bonchev–Trinajstić information content (AvgIpc) is 2.99. The summed E-state index contributed by atoms with van der Waals surface area (Å²) in [4.78, 5) is 12.2. The summed E-state index contributed by atoms with van der Waals surface area (Å²) in [6, 6.07) is 0. The highest BCUT2D eigenvalue weighted by Gasteiger charge is 2.58. The average molecular weight is 392 g/mol. The smallest absolute Gasteiger partial charge is 0.412 e. The summed E-state index contributed by atoms with van der Waals surface area (Å²) in [5.74, 6) is 1.46. The molecule has 0 aromatic carbocycles. The van der Waals surface area contributed by atoms with Gasteiger partial charge in [-0.3, -0.25) is 0 Å². The number of alkyl carbamates (subject to hydrolysis) is 1. The highest BCUT2D eigenvalue weighted by molar-refractivity contribution is 5.68. The molecule has 0 radical (unpaired) electrons. The Bertz CT molecular complexity index is 511. The first-order chi connectivity index (χ1) is 13.4. The first kappa shape index (κ1) is 23.3. The van der Waals surface area contributed by atoms with E-state index in [2.05, 4.69) is 39.1 Å². The van der Waals surface area contributed by atoms with Crippen LogP contribution in [-0.4, -0.2) is 12.6 Å². The molecule has 0 spiro atoms. The summed E-state index contributed by atoms with van der Waals surface area (Å²) < 4.78 is 5.70. The van der Waals surface area contributed by atoms with Crippen molar-refractivity contribution in [2.24, 2.45) is 16.7 Å². The zero-order chi connectivity index (χ0) is 20.5. The third-order valence-corrected chi connectivity index (χ3v) is 7.70. The topological polar surface area (TPSA) is 38.3 Å². The van der Waals surface area contributed by atoms with Gasteiger partial charge < -0.3 is 10.1 Å². The fraction of sp³-hybridized carbons (Fsp3) is 0.880. The summed E-state index contributed by atoms with van der Waals surface area (Å²) in [6.07, 6.45) is 20.3. The van der Waals surface area contributed by atoms with E-state index in [4.69, 9.17) is 4.74 Å². The summed E-state index contributed by atoms with van der Waals surface area (Å²) in [5, 5.41) is 2.95. The Morgan fingerprint density at radius 2 is 1.50 bits per heavy atom. The Kier molecular flexibility index (Phi) is 9.37. The lowest BCUT2D eigenvalue weighted by Crippen LogP contribution is -2.33. The molecule has 0 heterocycles. The number of carbonyl (C=O) groups excluding carboxylic acids is 1. The largest absolute Gasteiger partial charge is 0.415 e. The van der Waals surface area contributed by atoms with Crippen LogP contribution >= 0.6 is 0 Å². The number of unbranched alkanes of at least 4 members (excludes halogenated alkanes) is 11. The van der Waals surface area contributed by atoms with Gasteiger partial charge in [0.15, 0.2) is 0 Å². The van der Waals surface area contributed by atoms with E-state index < -0.39 is 0 Å². The van der Waals surface area contributed by atoms with Gasteiger partial charge in [0.1, 0.15) is 5.76 Å². The minimum Gasteiger partial charge on any atom is -0.415 e. The number of rotatable bonds is 14. The number of hydrogen-bond acceptors (Lipinski definition) is 2. The highest BCUT2D eigenvalue weighted by Crippen LogP contribution is 2.65. The molecule has 2 rings (SSSR count). The molecular formula is C25H45NO2. The van der Waals surface area contributed by atoms with Crippen molar-refractivity contribution < 1.29 is 9.53 Å². The van der Waals surface area contributed by atoms with Crippen LogP contribution in [0.4, 0.5) is 4.79 Å². The summed E-state index contributed by atoms with van der Waals surface area (Å²) >= 11 is 0. The van der Waals surface area contributed by atoms with Gasteiger partial charge in [-0.1, -0.05) is 98.3 Å². The van der Waals surface area contributed by atoms with Gasteiger partial charge in [0.25, 0.3) is 0 Å². The summed E-state index contributed by atoms with van der Waals surface area (Å²) in [5.41, 5.74) is 0.225. The summed E-state index contributed by atoms with van der Waals surface area (Å²) in [7, 11) is 0. The normalized spacial score (nSPS) is 25.0.